The second-order valence-corrected chi connectivity index (χ2v) is 6.90. The molecule has 0 radical (unpaired) electrons. The minimum Gasteiger partial charge on any atom is -0.496 e. The Balaban J connectivity index is 1.55. The van der Waals surface area contributed by atoms with E-state index in [9.17, 15) is 4.79 Å². The van der Waals surface area contributed by atoms with Crippen LogP contribution in [0.25, 0.3) is 5.69 Å². The van der Waals surface area contributed by atoms with Gasteiger partial charge in [0.2, 0.25) is 5.95 Å². The fourth-order valence-electron chi connectivity index (χ4n) is 2.77. The number of nitrogens with one attached hydrogen (secondary N) is 2. The molecule has 2 N–H and O–H groups in total. The minimum absolute atomic E-state index is 0.0957. The molecular weight excluding hydrogens is 342 g/mol. The summed E-state index contributed by atoms with van der Waals surface area (Å²) < 4.78 is 7.03. The van der Waals surface area contributed by atoms with Gasteiger partial charge in [0.1, 0.15) is 12.1 Å². The monoisotopic (exact) mass is 363 g/mol. The number of para-hydroxylation sites is 1. The Bertz CT molecular complexity index is 964. The van der Waals surface area contributed by atoms with E-state index in [0.717, 1.165) is 18.5 Å². The van der Waals surface area contributed by atoms with Gasteiger partial charge in [-0.1, -0.05) is 18.2 Å². The lowest BCUT2D eigenvalue weighted by Crippen LogP contribution is -2.34. The second-order valence-electron chi connectivity index (χ2n) is 6.90. The maximum Gasteiger partial charge on any atom is 0.255 e. The SMILES string of the molecule is COc1ccc(Nc2ncn(-c3ccccc3)n2)cc1C(=O)NC1(C)CC1. The van der Waals surface area contributed by atoms with Crippen molar-refractivity contribution in [2.45, 2.75) is 25.3 Å². The Morgan fingerprint density at radius 3 is 2.67 bits per heavy atom. The number of hydrogen-bond acceptors (Lipinski definition) is 5. The molecule has 0 bridgehead atoms. The molecule has 138 valence electrons. The highest BCUT2D eigenvalue weighted by atomic mass is 16.5. The number of anilines is 2. The Kier molecular flexibility index (Phi) is 4.27. The minimum atomic E-state index is -0.140. The van der Waals surface area contributed by atoms with Gasteiger partial charge >= 0.3 is 0 Å². The molecule has 2 aromatic carbocycles. The highest BCUT2D eigenvalue weighted by Gasteiger charge is 2.39. The lowest BCUT2D eigenvalue weighted by atomic mass is 10.1. The van der Waals surface area contributed by atoms with Gasteiger partial charge in [0.15, 0.2) is 0 Å². The fraction of sp³-hybridized carbons (Fsp3) is 0.250. The average Bonchev–Trinajstić information content (AvgIpc) is 3.22. The van der Waals surface area contributed by atoms with E-state index in [1.807, 2.05) is 43.3 Å². The van der Waals surface area contributed by atoms with Crippen LogP contribution in [0.4, 0.5) is 11.6 Å². The van der Waals surface area contributed by atoms with Crippen molar-refractivity contribution in [1.29, 1.82) is 0 Å². The van der Waals surface area contributed by atoms with Gasteiger partial charge in [-0.2, -0.15) is 4.98 Å². The first-order chi connectivity index (χ1) is 13.1. The predicted molar refractivity (Wildman–Crippen MR) is 103 cm³/mol. The molecule has 7 heteroatoms. The smallest absolute Gasteiger partial charge is 0.255 e. The van der Waals surface area contributed by atoms with Crippen LogP contribution in [-0.2, 0) is 0 Å². The number of rotatable bonds is 6. The number of methoxy groups -OCH3 is 1. The highest BCUT2D eigenvalue weighted by molar-refractivity contribution is 5.98. The summed E-state index contributed by atoms with van der Waals surface area (Å²) in [6.45, 7) is 2.04. The first kappa shape index (κ1) is 17.1. The number of hydrogen-bond donors (Lipinski definition) is 2. The van der Waals surface area contributed by atoms with Gasteiger partial charge in [-0.25, -0.2) is 4.68 Å². The molecule has 1 aliphatic carbocycles. The Morgan fingerprint density at radius 1 is 1.19 bits per heavy atom. The molecule has 1 saturated carbocycles. The topological polar surface area (TPSA) is 81.1 Å². The zero-order valence-electron chi connectivity index (χ0n) is 15.3. The summed E-state index contributed by atoms with van der Waals surface area (Å²) in [5.41, 5.74) is 2.03. The van der Waals surface area contributed by atoms with Crippen molar-refractivity contribution in [3.05, 3.63) is 60.4 Å². The van der Waals surface area contributed by atoms with Gasteiger partial charge in [-0.3, -0.25) is 4.79 Å². The maximum absolute atomic E-state index is 12.6. The molecule has 1 aromatic heterocycles. The molecular formula is C20H21N5O2. The molecule has 0 unspecified atom stereocenters. The zero-order valence-corrected chi connectivity index (χ0v) is 15.3. The molecule has 3 aromatic rings. The predicted octanol–water partition coefficient (Wildman–Crippen LogP) is 3.30. The van der Waals surface area contributed by atoms with E-state index in [-0.39, 0.29) is 11.4 Å². The van der Waals surface area contributed by atoms with Crippen molar-refractivity contribution in [1.82, 2.24) is 20.1 Å². The van der Waals surface area contributed by atoms with Crippen molar-refractivity contribution in [3.8, 4) is 11.4 Å². The van der Waals surface area contributed by atoms with Crippen molar-refractivity contribution in [3.63, 3.8) is 0 Å². The van der Waals surface area contributed by atoms with Gasteiger partial charge < -0.3 is 15.4 Å². The number of aromatic nitrogens is 3. The number of nitrogens with zero attached hydrogens (tertiary/aromatic N) is 3. The first-order valence-corrected chi connectivity index (χ1v) is 8.81. The van der Waals surface area contributed by atoms with Crippen LogP contribution >= 0.6 is 0 Å². The van der Waals surface area contributed by atoms with Gasteiger partial charge in [-0.15, -0.1) is 5.10 Å². The van der Waals surface area contributed by atoms with Crippen molar-refractivity contribution >= 4 is 17.5 Å². The molecule has 1 heterocycles. The maximum atomic E-state index is 12.6. The van der Waals surface area contributed by atoms with Gasteiger partial charge in [0.25, 0.3) is 5.91 Å². The summed E-state index contributed by atoms with van der Waals surface area (Å²) in [5.74, 6) is 0.841. The second kappa shape index (κ2) is 6.75. The Hall–Kier alpha value is -3.35. The summed E-state index contributed by atoms with van der Waals surface area (Å²) in [6, 6.07) is 15.1. The molecule has 7 nitrogen and oxygen atoms in total. The van der Waals surface area contributed by atoms with Crippen molar-refractivity contribution in [2.75, 3.05) is 12.4 Å². The van der Waals surface area contributed by atoms with Gasteiger partial charge in [-0.05, 0) is 50.1 Å². The molecule has 1 aliphatic rings. The van der Waals surface area contributed by atoms with Crippen LogP contribution < -0.4 is 15.4 Å². The van der Waals surface area contributed by atoms with Crippen molar-refractivity contribution < 1.29 is 9.53 Å². The number of carbonyl (C=O) groups is 1. The Labute approximate surface area is 157 Å². The third-order valence-electron chi connectivity index (χ3n) is 4.63. The lowest BCUT2D eigenvalue weighted by Gasteiger charge is -2.15. The van der Waals surface area contributed by atoms with Crippen molar-refractivity contribution in [2.24, 2.45) is 0 Å². The molecule has 1 fully saturated rings. The lowest BCUT2D eigenvalue weighted by molar-refractivity contribution is 0.0932. The molecule has 0 spiro atoms. The quantitative estimate of drug-likeness (QED) is 0.702. The molecule has 0 aliphatic heterocycles. The van der Waals surface area contributed by atoms with E-state index in [1.54, 1.807) is 30.3 Å². The molecule has 0 saturated heterocycles. The van der Waals surface area contributed by atoms with Crippen LogP contribution in [0.15, 0.2) is 54.9 Å². The number of carbonyl (C=O) groups excluding carboxylic acids is 1. The summed E-state index contributed by atoms with van der Waals surface area (Å²) in [5, 5.41) is 10.6. The standard InChI is InChI=1S/C20H21N5O2/c1-20(10-11-20)23-18(26)16-12-14(8-9-17(16)27-2)22-19-21-13-25(24-19)15-6-4-3-5-7-15/h3-9,12-13H,10-11H2,1-2H3,(H,22,24)(H,23,26). The molecule has 27 heavy (non-hydrogen) atoms. The number of benzene rings is 2. The summed E-state index contributed by atoms with van der Waals surface area (Å²) in [7, 11) is 1.56. The highest BCUT2D eigenvalue weighted by Crippen LogP contribution is 2.35. The van der Waals surface area contributed by atoms with Crippen LogP contribution in [0.1, 0.15) is 30.1 Å². The van der Waals surface area contributed by atoms with Crippen LogP contribution in [-0.4, -0.2) is 33.3 Å². The van der Waals surface area contributed by atoms with Crippen LogP contribution in [0.3, 0.4) is 0 Å². The molecule has 4 rings (SSSR count). The molecule has 0 atom stereocenters. The normalized spacial score (nSPS) is 14.4. The van der Waals surface area contributed by atoms with E-state index >= 15 is 0 Å². The van der Waals surface area contributed by atoms with E-state index in [4.69, 9.17) is 4.74 Å². The third-order valence-corrected chi connectivity index (χ3v) is 4.63. The van der Waals surface area contributed by atoms with Crippen LogP contribution in [0.5, 0.6) is 5.75 Å². The van der Waals surface area contributed by atoms with Crippen LogP contribution in [0.2, 0.25) is 0 Å². The fourth-order valence-corrected chi connectivity index (χ4v) is 2.77. The van der Waals surface area contributed by atoms with Gasteiger partial charge in [0, 0.05) is 11.2 Å². The zero-order chi connectivity index (χ0) is 18.9. The van der Waals surface area contributed by atoms with E-state index in [0.29, 0.717) is 22.9 Å². The molecule has 1 amide bonds. The van der Waals surface area contributed by atoms with E-state index in [1.165, 1.54) is 0 Å². The van der Waals surface area contributed by atoms with E-state index < -0.39 is 0 Å². The van der Waals surface area contributed by atoms with E-state index in [2.05, 4.69) is 20.7 Å². The van der Waals surface area contributed by atoms with Crippen LogP contribution in [0, 0.1) is 0 Å². The number of amides is 1. The average molecular weight is 363 g/mol. The van der Waals surface area contributed by atoms with Gasteiger partial charge in [0.05, 0.1) is 18.4 Å². The summed E-state index contributed by atoms with van der Waals surface area (Å²) in [6.07, 6.45) is 3.64. The number of ether oxygens (including phenoxy) is 1. The third kappa shape index (κ3) is 3.76. The summed E-state index contributed by atoms with van der Waals surface area (Å²) >= 11 is 0. The first-order valence-electron chi connectivity index (χ1n) is 8.81. The largest absolute Gasteiger partial charge is 0.496 e. The Morgan fingerprint density at radius 2 is 1.96 bits per heavy atom. The summed E-state index contributed by atoms with van der Waals surface area (Å²) in [4.78, 5) is 16.9.